The number of amides is 1. The van der Waals surface area contributed by atoms with Crippen molar-refractivity contribution in [1.82, 2.24) is 15.2 Å². The molecule has 8 heteroatoms. The van der Waals surface area contributed by atoms with Gasteiger partial charge in [0.25, 0.3) is 5.91 Å². The van der Waals surface area contributed by atoms with Crippen LogP contribution >= 0.6 is 11.3 Å². The average molecular weight is 482 g/mol. The number of hydrogen-bond donors (Lipinski definition) is 1. The maximum absolute atomic E-state index is 12.6. The molecule has 180 valence electrons. The van der Waals surface area contributed by atoms with Crippen LogP contribution in [0.4, 0.5) is 0 Å². The van der Waals surface area contributed by atoms with E-state index in [1.807, 2.05) is 36.6 Å². The van der Waals surface area contributed by atoms with Crippen LogP contribution in [0.15, 0.2) is 47.8 Å². The molecule has 3 aromatic rings. The van der Waals surface area contributed by atoms with Gasteiger partial charge in [0.2, 0.25) is 6.79 Å². The fourth-order valence-corrected chi connectivity index (χ4v) is 4.40. The van der Waals surface area contributed by atoms with E-state index >= 15 is 0 Å². The molecule has 1 aliphatic heterocycles. The summed E-state index contributed by atoms with van der Waals surface area (Å²) < 4.78 is 16.3. The number of nitrogens with one attached hydrogen (secondary N) is 1. The molecule has 0 radical (unpaired) electrons. The lowest BCUT2D eigenvalue weighted by molar-refractivity contribution is 0.0925. The zero-order valence-corrected chi connectivity index (χ0v) is 20.9. The summed E-state index contributed by atoms with van der Waals surface area (Å²) in [6, 6.07) is 14.2. The highest BCUT2D eigenvalue weighted by molar-refractivity contribution is 7.09. The Kier molecular flexibility index (Phi) is 7.70. The maximum Gasteiger partial charge on any atom is 0.270 e. The Morgan fingerprint density at radius 3 is 2.50 bits per heavy atom. The second-order valence-electron chi connectivity index (χ2n) is 8.81. The fraction of sp³-hybridized carbons (Fsp3) is 0.385. The van der Waals surface area contributed by atoms with E-state index in [4.69, 9.17) is 14.2 Å². The molecule has 4 rings (SSSR count). The van der Waals surface area contributed by atoms with Crippen LogP contribution in [0.3, 0.4) is 0 Å². The van der Waals surface area contributed by atoms with E-state index in [2.05, 4.69) is 47.2 Å². The van der Waals surface area contributed by atoms with Crippen molar-refractivity contribution in [3.8, 4) is 17.2 Å². The van der Waals surface area contributed by atoms with E-state index in [0.29, 0.717) is 24.7 Å². The first-order valence-corrected chi connectivity index (χ1v) is 12.3. The van der Waals surface area contributed by atoms with Gasteiger partial charge in [0.1, 0.15) is 16.5 Å². The number of carbonyl (C=O) groups is 1. The Balaban J connectivity index is 1.49. The first kappa shape index (κ1) is 24.0. The van der Waals surface area contributed by atoms with Gasteiger partial charge < -0.3 is 19.5 Å². The van der Waals surface area contributed by atoms with E-state index in [9.17, 15) is 4.79 Å². The van der Waals surface area contributed by atoms with Gasteiger partial charge >= 0.3 is 0 Å². The number of nitrogens with zero attached hydrogens (tertiary/aromatic N) is 2. The van der Waals surface area contributed by atoms with Gasteiger partial charge in [0, 0.05) is 24.5 Å². The highest BCUT2D eigenvalue weighted by Crippen LogP contribution is 2.33. The van der Waals surface area contributed by atoms with Crippen molar-refractivity contribution in [2.24, 2.45) is 5.92 Å². The van der Waals surface area contributed by atoms with Gasteiger partial charge in [-0.25, -0.2) is 4.98 Å². The summed E-state index contributed by atoms with van der Waals surface area (Å²) in [6.45, 7) is 8.50. The van der Waals surface area contributed by atoms with Crippen LogP contribution in [0.5, 0.6) is 17.2 Å². The third-order valence-corrected chi connectivity index (χ3v) is 6.74. The summed E-state index contributed by atoms with van der Waals surface area (Å²) in [5.74, 6) is 2.62. The zero-order chi connectivity index (χ0) is 24.1. The number of ether oxygens (including phenoxy) is 3. The van der Waals surface area contributed by atoms with Gasteiger partial charge in [-0.05, 0) is 48.2 Å². The standard InChI is InChI=1S/C26H31N3O4S/c1-17(2)18(3)27-26(30)22-15-34-25(28-22)14-29(12-19-5-8-21(31-4)9-6-19)13-20-7-10-23-24(11-20)33-16-32-23/h5-11,15,17-18H,12-14,16H2,1-4H3,(H,27,30). The Morgan fingerprint density at radius 1 is 1.06 bits per heavy atom. The molecule has 1 unspecified atom stereocenters. The number of carbonyl (C=O) groups excluding carboxylic acids is 1. The minimum Gasteiger partial charge on any atom is -0.497 e. The molecule has 34 heavy (non-hydrogen) atoms. The smallest absolute Gasteiger partial charge is 0.270 e. The number of thiazole rings is 1. The second kappa shape index (κ2) is 10.9. The van der Waals surface area contributed by atoms with Crippen LogP contribution in [0.25, 0.3) is 0 Å². The Bertz CT molecular complexity index is 1110. The highest BCUT2D eigenvalue weighted by Gasteiger charge is 2.18. The largest absolute Gasteiger partial charge is 0.497 e. The molecule has 1 aliphatic rings. The summed E-state index contributed by atoms with van der Waals surface area (Å²) >= 11 is 1.51. The summed E-state index contributed by atoms with van der Waals surface area (Å²) in [5, 5.41) is 5.77. The number of benzene rings is 2. The minimum absolute atomic E-state index is 0.0928. The predicted molar refractivity (Wildman–Crippen MR) is 132 cm³/mol. The first-order valence-electron chi connectivity index (χ1n) is 11.4. The molecule has 2 aromatic carbocycles. The quantitative estimate of drug-likeness (QED) is 0.446. The first-order chi connectivity index (χ1) is 16.4. The lowest BCUT2D eigenvalue weighted by Crippen LogP contribution is -2.36. The molecule has 0 saturated carbocycles. The Labute approximate surface area is 204 Å². The van der Waals surface area contributed by atoms with Crippen LogP contribution in [0.1, 0.15) is 47.4 Å². The van der Waals surface area contributed by atoms with Crippen molar-refractivity contribution < 1.29 is 19.0 Å². The molecule has 1 aromatic heterocycles. The highest BCUT2D eigenvalue weighted by atomic mass is 32.1. The molecular formula is C26H31N3O4S. The molecule has 1 atom stereocenters. The molecular weight excluding hydrogens is 450 g/mol. The number of hydrogen-bond acceptors (Lipinski definition) is 7. The lowest BCUT2D eigenvalue weighted by Gasteiger charge is -2.22. The molecule has 0 aliphatic carbocycles. The molecule has 0 spiro atoms. The van der Waals surface area contributed by atoms with Gasteiger partial charge in [0.15, 0.2) is 11.5 Å². The third-order valence-electron chi connectivity index (χ3n) is 5.91. The Morgan fingerprint density at radius 2 is 1.76 bits per heavy atom. The summed E-state index contributed by atoms with van der Waals surface area (Å²) in [5.41, 5.74) is 2.76. The normalized spacial score (nSPS) is 13.4. The molecule has 1 N–H and O–H groups in total. The van der Waals surface area contributed by atoms with E-state index < -0.39 is 0 Å². The van der Waals surface area contributed by atoms with Crippen molar-refractivity contribution in [1.29, 1.82) is 0 Å². The van der Waals surface area contributed by atoms with Crippen LogP contribution in [-0.4, -0.2) is 35.7 Å². The number of aromatic nitrogens is 1. The topological polar surface area (TPSA) is 72.9 Å². The summed E-state index contributed by atoms with van der Waals surface area (Å²) in [7, 11) is 1.67. The van der Waals surface area contributed by atoms with Gasteiger partial charge in [0.05, 0.1) is 13.7 Å². The van der Waals surface area contributed by atoms with Crippen LogP contribution < -0.4 is 19.5 Å². The molecule has 1 amide bonds. The van der Waals surface area contributed by atoms with E-state index in [1.165, 1.54) is 16.9 Å². The lowest BCUT2D eigenvalue weighted by atomic mass is 10.1. The molecule has 0 bridgehead atoms. The maximum atomic E-state index is 12.6. The molecule has 0 saturated heterocycles. The van der Waals surface area contributed by atoms with Crippen molar-refractivity contribution in [2.75, 3.05) is 13.9 Å². The van der Waals surface area contributed by atoms with E-state index in [-0.39, 0.29) is 18.7 Å². The third kappa shape index (κ3) is 6.07. The van der Waals surface area contributed by atoms with Crippen LogP contribution in [-0.2, 0) is 19.6 Å². The van der Waals surface area contributed by atoms with Crippen LogP contribution in [0, 0.1) is 5.92 Å². The van der Waals surface area contributed by atoms with E-state index in [0.717, 1.165) is 34.4 Å². The van der Waals surface area contributed by atoms with Crippen molar-refractivity contribution in [3.63, 3.8) is 0 Å². The SMILES string of the molecule is COc1ccc(CN(Cc2ccc3c(c2)OCO3)Cc2nc(C(=O)NC(C)C(C)C)cs2)cc1. The second-order valence-corrected chi connectivity index (χ2v) is 9.76. The van der Waals surface area contributed by atoms with Gasteiger partial charge in [-0.3, -0.25) is 9.69 Å². The van der Waals surface area contributed by atoms with Gasteiger partial charge in [-0.2, -0.15) is 0 Å². The van der Waals surface area contributed by atoms with Crippen molar-refractivity contribution >= 4 is 17.2 Å². The fourth-order valence-electron chi connectivity index (χ4n) is 3.58. The van der Waals surface area contributed by atoms with Crippen LogP contribution in [0.2, 0.25) is 0 Å². The predicted octanol–water partition coefficient (Wildman–Crippen LogP) is 4.86. The Hall–Kier alpha value is -3.10. The summed E-state index contributed by atoms with van der Waals surface area (Å²) in [4.78, 5) is 19.5. The van der Waals surface area contributed by atoms with Crippen molar-refractivity contribution in [3.05, 3.63) is 69.7 Å². The molecule has 7 nitrogen and oxygen atoms in total. The monoisotopic (exact) mass is 481 g/mol. The number of rotatable bonds is 10. The van der Waals surface area contributed by atoms with Gasteiger partial charge in [-0.1, -0.05) is 32.0 Å². The van der Waals surface area contributed by atoms with Gasteiger partial charge in [-0.15, -0.1) is 11.3 Å². The molecule has 0 fully saturated rings. The minimum atomic E-state index is -0.124. The van der Waals surface area contributed by atoms with E-state index in [1.54, 1.807) is 7.11 Å². The summed E-state index contributed by atoms with van der Waals surface area (Å²) in [6.07, 6.45) is 0. The number of methoxy groups -OCH3 is 1. The van der Waals surface area contributed by atoms with Crippen molar-refractivity contribution in [2.45, 2.75) is 46.4 Å². The zero-order valence-electron chi connectivity index (χ0n) is 20.0. The number of fused-ring (bicyclic) bond motifs is 1. The average Bonchev–Trinajstić information content (AvgIpc) is 3.48. The molecule has 2 heterocycles.